The molecular formula is C11H14N4O4. The number of hydrogen-bond acceptors (Lipinski definition) is 7. The van der Waals surface area contributed by atoms with E-state index in [0.717, 1.165) is 0 Å². The van der Waals surface area contributed by atoms with Crippen LogP contribution in [0, 0.1) is 10.1 Å². The van der Waals surface area contributed by atoms with Crippen LogP contribution in [0.3, 0.4) is 0 Å². The maximum absolute atomic E-state index is 10.7. The number of hydrogen-bond donors (Lipinski definition) is 3. The van der Waals surface area contributed by atoms with Gasteiger partial charge in [-0.2, -0.15) is 0 Å². The molecule has 0 saturated heterocycles. The molecule has 0 radical (unpaired) electrons. The number of β-amino-alcohol motifs (C(OH)–C–C–N with tert-alkyl or cyclic N) is 1. The maximum atomic E-state index is 10.7. The SMILES string of the molecule is O=[N+]([O-])c1cc(NC2=NCCN2CCO)ccc1O. The molecule has 0 unspecified atom stereocenters. The normalized spacial score (nSPS) is 14.4. The van der Waals surface area contributed by atoms with Crippen LogP contribution < -0.4 is 5.32 Å². The molecule has 1 heterocycles. The largest absolute Gasteiger partial charge is 0.502 e. The Morgan fingerprint density at radius 2 is 2.32 bits per heavy atom. The summed E-state index contributed by atoms with van der Waals surface area (Å²) in [5.74, 6) is 0.185. The summed E-state index contributed by atoms with van der Waals surface area (Å²) < 4.78 is 0. The van der Waals surface area contributed by atoms with Crippen molar-refractivity contribution in [1.82, 2.24) is 4.90 Å². The number of rotatable bonds is 4. The Labute approximate surface area is 109 Å². The second-order valence-electron chi connectivity index (χ2n) is 4.00. The molecule has 0 bridgehead atoms. The highest BCUT2D eigenvalue weighted by Crippen LogP contribution is 2.28. The molecule has 0 fully saturated rings. The molecule has 0 saturated carbocycles. The Balaban J connectivity index is 2.15. The number of aliphatic hydroxyl groups excluding tert-OH is 1. The van der Waals surface area contributed by atoms with E-state index >= 15 is 0 Å². The monoisotopic (exact) mass is 266 g/mol. The Morgan fingerprint density at radius 1 is 1.53 bits per heavy atom. The number of guanidine groups is 1. The minimum absolute atomic E-state index is 0.0103. The van der Waals surface area contributed by atoms with Gasteiger partial charge in [0.2, 0.25) is 0 Å². The fourth-order valence-corrected chi connectivity index (χ4v) is 1.82. The van der Waals surface area contributed by atoms with Crippen LogP contribution in [0.5, 0.6) is 5.75 Å². The van der Waals surface area contributed by atoms with Crippen LogP contribution in [0.2, 0.25) is 0 Å². The molecule has 0 aromatic heterocycles. The summed E-state index contributed by atoms with van der Waals surface area (Å²) in [5.41, 5.74) is 0.102. The third kappa shape index (κ3) is 2.91. The van der Waals surface area contributed by atoms with Gasteiger partial charge in [0.25, 0.3) is 0 Å². The van der Waals surface area contributed by atoms with Crippen LogP contribution in [0.25, 0.3) is 0 Å². The Morgan fingerprint density at radius 3 is 3.00 bits per heavy atom. The predicted molar refractivity (Wildman–Crippen MR) is 69.3 cm³/mol. The van der Waals surface area contributed by atoms with Gasteiger partial charge in [-0.3, -0.25) is 15.1 Å². The van der Waals surface area contributed by atoms with Gasteiger partial charge >= 0.3 is 5.69 Å². The lowest BCUT2D eigenvalue weighted by Crippen LogP contribution is -2.35. The molecule has 19 heavy (non-hydrogen) atoms. The topological polar surface area (TPSA) is 111 Å². The fraction of sp³-hybridized carbons (Fsp3) is 0.364. The lowest BCUT2D eigenvalue weighted by molar-refractivity contribution is -0.385. The number of nitrogens with one attached hydrogen (secondary N) is 1. The van der Waals surface area contributed by atoms with E-state index < -0.39 is 4.92 Å². The van der Waals surface area contributed by atoms with E-state index in [0.29, 0.717) is 31.3 Å². The molecule has 1 aliphatic rings. The standard InChI is InChI=1S/C11H14N4O4/c16-6-5-14-4-3-12-11(14)13-8-1-2-10(17)9(7-8)15(18)19/h1-2,7,16-17H,3-6H2,(H,12,13). The van der Waals surface area contributed by atoms with Crippen LogP contribution in [0.4, 0.5) is 11.4 Å². The molecule has 8 nitrogen and oxygen atoms in total. The van der Waals surface area contributed by atoms with Crippen molar-refractivity contribution in [2.24, 2.45) is 4.99 Å². The van der Waals surface area contributed by atoms with Crippen LogP contribution >= 0.6 is 0 Å². The molecular weight excluding hydrogens is 252 g/mol. The summed E-state index contributed by atoms with van der Waals surface area (Å²) in [6.07, 6.45) is 0. The maximum Gasteiger partial charge on any atom is 0.312 e. The summed E-state index contributed by atoms with van der Waals surface area (Å²) in [6, 6.07) is 4.03. The minimum Gasteiger partial charge on any atom is -0.502 e. The molecule has 0 amide bonds. The van der Waals surface area contributed by atoms with E-state index in [4.69, 9.17) is 5.11 Å². The molecule has 1 aromatic carbocycles. The van der Waals surface area contributed by atoms with E-state index in [-0.39, 0.29) is 18.0 Å². The van der Waals surface area contributed by atoms with Crippen LogP contribution in [-0.2, 0) is 0 Å². The summed E-state index contributed by atoms with van der Waals surface area (Å²) in [5, 5.41) is 31.9. The van der Waals surface area contributed by atoms with Crippen molar-refractivity contribution in [1.29, 1.82) is 0 Å². The zero-order valence-corrected chi connectivity index (χ0v) is 10.1. The van der Waals surface area contributed by atoms with Gasteiger partial charge in [-0.25, -0.2) is 0 Å². The molecule has 0 aliphatic carbocycles. The van der Waals surface area contributed by atoms with Crippen molar-refractivity contribution in [2.75, 3.05) is 31.6 Å². The summed E-state index contributed by atoms with van der Waals surface area (Å²) in [7, 11) is 0. The molecule has 1 aliphatic heterocycles. The van der Waals surface area contributed by atoms with Gasteiger partial charge in [0.1, 0.15) is 0 Å². The van der Waals surface area contributed by atoms with Crippen molar-refractivity contribution in [2.45, 2.75) is 0 Å². The summed E-state index contributed by atoms with van der Waals surface area (Å²) >= 11 is 0. The van der Waals surface area contributed by atoms with Gasteiger partial charge in [0.05, 0.1) is 18.1 Å². The molecule has 102 valence electrons. The highest BCUT2D eigenvalue weighted by Gasteiger charge is 2.18. The van der Waals surface area contributed by atoms with E-state index in [1.54, 1.807) is 0 Å². The number of anilines is 1. The second-order valence-corrected chi connectivity index (χ2v) is 4.00. The quantitative estimate of drug-likeness (QED) is 0.412. The third-order valence-electron chi connectivity index (χ3n) is 2.73. The first-order valence-electron chi connectivity index (χ1n) is 5.76. The van der Waals surface area contributed by atoms with Gasteiger partial charge in [-0.1, -0.05) is 0 Å². The average molecular weight is 266 g/mol. The zero-order chi connectivity index (χ0) is 13.8. The molecule has 3 N–H and O–H groups in total. The van der Waals surface area contributed by atoms with Crippen molar-refractivity contribution in [3.05, 3.63) is 28.3 Å². The number of nitro groups is 1. The Bertz CT molecular complexity index is 517. The van der Waals surface area contributed by atoms with Crippen LogP contribution in [0.1, 0.15) is 0 Å². The van der Waals surface area contributed by atoms with Crippen LogP contribution in [-0.4, -0.2) is 52.2 Å². The Hall–Kier alpha value is -2.35. The number of phenolic OH excluding ortho intramolecular Hbond substituents is 1. The minimum atomic E-state index is -0.650. The first kappa shape index (κ1) is 13.1. The number of aliphatic imine (C=N–C) groups is 1. The number of aromatic hydroxyl groups is 1. The van der Waals surface area contributed by atoms with Gasteiger partial charge in [-0.05, 0) is 12.1 Å². The van der Waals surface area contributed by atoms with E-state index in [2.05, 4.69) is 10.3 Å². The molecule has 8 heteroatoms. The number of nitro benzene ring substituents is 1. The number of nitrogens with zero attached hydrogens (tertiary/aromatic N) is 3. The summed E-state index contributed by atoms with van der Waals surface area (Å²) in [6.45, 7) is 1.77. The molecule has 0 atom stereocenters. The highest BCUT2D eigenvalue weighted by atomic mass is 16.6. The number of benzene rings is 1. The first-order valence-corrected chi connectivity index (χ1v) is 5.76. The van der Waals surface area contributed by atoms with Crippen molar-refractivity contribution < 1.29 is 15.1 Å². The third-order valence-corrected chi connectivity index (χ3v) is 2.73. The lowest BCUT2D eigenvalue weighted by atomic mass is 10.2. The van der Waals surface area contributed by atoms with Crippen molar-refractivity contribution >= 4 is 17.3 Å². The molecule has 1 aromatic rings. The van der Waals surface area contributed by atoms with Gasteiger partial charge < -0.3 is 20.4 Å². The van der Waals surface area contributed by atoms with Gasteiger partial charge in [0, 0.05) is 24.8 Å². The van der Waals surface area contributed by atoms with Gasteiger partial charge in [-0.15, -0.1) is 0 Å². The summed E-state index contributed by atoms with van der Waals surface area (Å²) in [4.78, 5) is 16.1. The molecule has 0 spiro atoms. The van der Waals surface area contributed by atoms with E-state index in [9.17, 15) is 15.2 Å². The van der Waals surface area contributed by atoms with Crippen molar-refractivity contribution in [3.8, 4) is 5.75 Å². The van der Waals surface area contributed by atoms with E-state index in [1.807, 2.05) is 4.90 Å². The number of aliphatic hydroxyl groups is 1. The fourth-order valence-electron chi connectivity index (χ4n) is 1.82. The predicted octanol–water partition coefficient (Wildman–Crippen LogP) is 0.376. The van der Waals surface area contributed by atoms with Gasteiger partial charge in [0.15, 0.2) is 11.7 Å². The smallest absolute Gasteiger partial charge is 0.312 e. The first-order chi connectivity index (χ1) is 9.11. The Kier molecular flexibility index (Phi) is 3.81. The van der Waals surface area contributed by atoms with Crippen LogP contribution in [0.15, 0.2) is 23.2 Å². The lowest BCUT2D eigenvalue weighted by Gasteiger charge is -2.19. The zero-order valence-electron chi connectivity index (χ0n) is 10.1. The molecule has 2 rings (SSSR count). The highest BCUT2D eigenvalue weighted by molar-refractivity contribution is 5.95. The van der Waals surface area contributed by atoms with Crippen molar-refractivity contribution in [3.63, 3.8) is 0 Å². The number of phenols is 1. The average Bonchev–Trinajstić information content (AvgIpc) is 2.79. The second kappa shape index (κ2) is 5.53. The van der Waals surface area contributed by atoms with E-state index in [1.165, 1.54) is 18.2 Å².